The van der Waals surface area contributed by atoms with Crippen LogP contribution in [0.4, 0.5) is 0 Å². The van der Waals surface area contributed by atoms with Gasteiger partial charge < -0.3 is 5.11 Å². The van der Waals surface area contributed by atoms with Crippen LogP contribution in [-0.2, 0) is 4.79 Å². The number of nitroso groups, excluding NO2 is 1. The van der Waals surface area contributed by atoms with E-state index in [4.69, 9.17) is 0 Å². The fourth-order valence-corrected chi connectivity index (χ4v) is 2.98. The molecule has 0 aliphatic heterocycles. The van der Waals surface area contributed by atoms with E-state index < -0.39 is 5.54 Å². The van der Waals surface area contributed by atoms with Gasteiger partial charge in [-0.3, -0.25) is 4.79 Å². The van der Waals surface area contributed by atoms with Crippen molar-refractivity contribution < 1.29 is 9.90 Å². The normalized spacial score (nSPS) is 37.0. The van der Waals surface area contributed by atoms with Crippen LogP contribution in [0, 0.1) is 16.7 Å². The molecule has 4 nitrogen and oxygen atoms in total. The molecule has 3 atom stereocenters. The Hall–Kier alpha value is -1.29. The topological polar surface area (TPSA) is 66.7 Å². The Morgan fingerprint density at radius 1 is 1.59 bits per heavy atom. The fourth-order valence-electron chi connectivity index (χ4n) is 2.98. The number of ketones is 1. The van der Waals surface area contributed by atoms with Crippen LogP contribution in [0.1, 0.15) is 26.7 Å². The number of nitrogens with zero attached hydrogens (tertiary/aromatic N) is 1. The molecule has 0 bridgehead atoms. The summed E-state index contributed by atoms with van der Waals surface area (Å²) in [5.41, 5.74) is 0.171. The number of hydrogen-bond donors (Lipinski definition) is 1. The predicted octanol–water partition coefficient (Wildman–Crippen LogP) is 1.99. The second-order valence-electron chi connectivity index (χ2n) is 5.13. The number of carbonyl (C=O) groups is 1. The SMILES string of the molecule is CC1=CC2C(C)CC=C(CO)C[C@]2(N=O)C1=O. The zero-order valence-corrected chi connectivity index (χ0v) is 10.1. The van der Waals surface area contributed by atoms with Gasteiger partial charge in [0.05, 0.1) is 6.61 Å². The first-order valence-electron chi connectivity index (χ1n) is 5.91. The molecule has 0 heterocycles. The molecule has 0 saturated carbocycles. The van der Waals surface area contributed by atoms with Crippen LogP contribution >= 0.6 is 0 Å². The van der Waals surface area contributed by atoms with Gasteiger partial charge in [0.2, 0.25) is 0 Å². The highest BCUT2D eigenvalue weighted by atomic mass is 16.3. The van der Waals surface area contributed by atoms with Crippen LogP contribution < -0.4 is 0 Å². The van der Waals surface area contributed by atoms with E-state index in [-0.39, 0.29) is 30.6 Å². The Morgan fingerprint density at radius 3 is 2.88 bits per heavy atom. The number of Topliss-reactive ketones (excluding diaryl/α,β-unsaturated/α-hetero) is 1. The van der Waals surface area contributed by atoms with Crippen molar-refractivity contribution in [1.82, 2.24) is 0 Å². The van der Waals surface area contributed by atoms with E-state index in [2.05, 4.69) is 5.18 Å². The fraction of sp³-hybridized carbons (Fsp3) is 0.615. The minimum atomic E-state index is -1.20. The van der Waals surface area contributed by atoms with Crippen molar-refractivity contribution in [2.24, 2.45) is 17.0 Å². The van der Waals surface area contributed by atoms with Crippen LogP contribution in [-0.4, -0.2) is 23.0 Å². The van der Waals surface area contributed by atoms with E-state index >= 15 is 0 Å². The van der Waals surface area contributed by atoms with E-state index in [1.165, 1.54) is 0 Å². The monoisotopic (exact) mass is 235 g/mol. The lowest BCUT2D eigenvalue weighted by atomic mass is 9.76. The second-order valence-corrected chi connectivity index (χ2v) is 5.13. The third-order valence-electron chi connectivity index (χ3n) is 3.99. The summed E-state index contributed by atoms with van der Waals surface area (Å²) in [6, 6.07) is 0. The van der Waals surface area contributed by atoms with Crippen molar-refractivity contribution in [3.05, 3.63) is 28.2 Å². The van der Waals surface area contributed by atoms with Gasteiger partial charge in [-0.05, 0) is 30.4 Å². The van der Waals surface area contributed by atoms with E-state index in [1.54, 1.807) is 6.92 Å². The highest BCUT2D eigenvalue weighted by molar-refractivity contribution is 6.05. The van der Waals surface area contributed by atoms with Crippen LogP contribution in [0.3, 0.4) is 0 Å². The number of fused-ring (bicyclic) bond motifs is 1. The lowest BCUT2D eigenvalue weighted by molar-refractivity contribution is -0.120. The van der Waals surface area contributed by atoms with E-state index in [0.717, 1.165) is 12.0 Å². The maximum absolute atomic E-state index is 12.2. The molecule has 0 amide bonds. The molecular weight excluding hydrogens is 218 g/mol. The van der Waals surface area contributed by atoms with Crippen molar-refractivity contribution in [3.8, 4) is 0 Å². The molecule has 0 aromatic rings. The zero-order chi connectivity index (χ0) is 12.6. The highest BCUT2D eigenvalue weighted by Gasteiger charge is 2.53. The van der Waals surface area contributed by atoms with Gasteiger partial charge >= 0.3 is 0 Å². The molecule has 0 aromatic heterocycles. The van der Waals surface area contributed by atoms with Gasteiger partial charge in [-0.15, -0.1) is 4.91 Å². The molecule has 2 aliphatic carbocycles. The predicted molar refractivity (Wildman–Crippen MR) is 64.3 cm³/mol. The number of aliphatic hydroxyl groups is 1. The summed E-state index contributed by atoms with van der Waals surface area (Å²) in [6.07, 6.45) is 4.85. The van der Waals surface area contributed by atoms with Crippen molar-refractivity contribution in [2.75, 3.05) is 6.61 Å². The Balaban J connectivity index is 2.47. The molecule has 0 spiro atoms. The minimum absolute atomic E-state index is 0.108. The Bertz CT molecular complexity index is 424. The molecule has 2 unspecified atom stereocenters. The van der Waals surface area contributed by atoms with E-state index in [1.807, 2.05) is 19.1 Å². The summed E-state index contributed by atoms with van der Waals surface area (Å²) in [7, 11) is 0. The van der Waals surface area contributed by atoms with Crippen LogP contribution in [0.15, 0.2) is 28.5 Å². The van der Waals surface area contributed by atoms with Crippen molar-refractivity contribution >= 4 is 5.78 Å². The number of rotatable bonds is 2. The number of hydrogen-bond acceptors (Lipinski definition) is 4. The summed E-state index contributed by atoms with van der Waals surface area (Å²) in [5, 5.41) is 12.4. The first kappa shape index (κ1) is 12.2. The largest absolute Gasteiger partial charge is 0.392 e. The van der Waals surface area contributed by atoms with Gasteiger partial charge in [-0.1, -0.05) is 24.3 Å². The Morgan fingerprint density at radius 2 is 2.29 bits per heavy atom. The maximum atomic E-state index is 12.2. The molecule has 2 rings (SSSR count). The summed E-state index contributed by atoms with van der Waals surface area (Å²) < 4.78 is 0. The van der Waals surface area contributed by atoms with Gasteiger partial charge in [-0.25, -0.2) is 0 Å². The molecule has 0 aromatic carbocycles. The standard InChI is InChI=1S/C13H17NO3/c1-8-3-4-10(7-15)6-13(14-17)11(8)5-9(2)12(13)16/h4-5,8,11,15H,3,6-7H2,1-2H3/t8?,11?,13-/m1/s1. The Kier molecular flexibility index (Phi) is 3.00. The van der Waals surface area contributed by atoms with Gasteiger partial charge in [-0.2, -0.15) is 0 Å². The van der Waals surface area contributed by atoms with Crippen LogP contribution in [0.5, 0.6) is 0 Å². The zero-order valence-electron chi connectivity index (χ0n) is 10.1. The molecule has 0 fully saturated rings. The van der Waals surface area contributed by atoms with Crippen molar-refractivity contribution in [1.29, 1.82) is 0 Å². The Labute approximate surface area is 100 Å². The minimum Gasteiger partial charge on any atom is -0.392 e. The molecule has 1 N–H and O–H groups in total. The van der Waals surface area contributed by atoms with Crippen LogP contribution in [0.2, 0.25) is 0 Å². The molecule has 92 valence electrons. The van der Waals surface area contributed by atoms with E-state index in [9.17, 15) is 14.8 Å². The maximum Gasteiger partial charge on any atom is 0.190 e. The van der Waals surface area contributed by atoms with Gasteiger partial charge in [0, 0.05) is 12.3 Å². The number of aliphatic hydroxyl groups excluding tert-OH is 1. The highest BCUT2D eigenvalue weighted by Crippen LogP contribution is 2.46. The average Bonchev–Trinajstić information content (AvgIpc) is 2.50. The van der Waals surface area contributed by atoms with Crippen molar-refractivity contribution in [3.63, 3.8) is 0 Å². The lowest BCUT2D eigenvalue weighted by Gasteiger charge is -2.28. The third kappa shape index (κ3) is 1.67. The second kappa shape index (κ2) is 4.18. The molecule has 0 radical (unpaired) electrons. The number of carbonyl (C=O) groups excluding carboxylic acids is 1. The van der Waals surface area contributed by atoms with Gasteiger partial charge in [0.1, 0.15) is 0 Å². The molecular formula is C13H17NO3. The summed E-state index contributed by atoms with van der Waals surface area (Å²) in [6.45, 7) is 3.64. The van der Waals surface area contributed by atoms with Gasteiger partial charge in [0.15, 0.2) is 11.3 Å². The first-order valence-corrected chi connectivity index (χ1v) is 5.91. The number of allylic oxidation sites excluding steroid dienone is 1. The van der Waals surface area contributed by atoms with Crippen molar-refractivity contribution in [2.45, 2.75) is 32.2 Å². The van der Waals surface area contributed by atoms with Gasteiger partial charge in [0.25, 0.3) is 0 Å². The quantitative estimate of drug-likeness (QED) is 0.588. The third-order valence-corrected chi connectivity index (χ3v) is 3.99. The lowest BCUT2D eigenvalue weighted by Crippen LogP contribution is -2.41. The summed E-state index contributed by atoms with van der Waals surface area (Å²) in [5.74, 6) is -0.114. The molecule has 2 aliphatic rings. The molecule has 17 heavy (non-hydrogen) atoms. The van der Waals surface area contributed by atoms with Crippen LogP contribution in [0.25, 0.3) is 0 Å². The van der Waals surface area contributed by atoms with E-state index in [0.29, 0.717) is 5.57 Å². The average molecular weight is 235 g/mol. The molecule has 0 saturated heterocycles. The first-order chi connectivity index (χ1) is 8.05. The summed E-state index contributed by atoms with van der Waals surface area (Å²) in [4.78, 5) is 23.4. The summed E-state index contributed by atoms with van der Waals surface area (Å²) >= 11 is 0. The smallest absolute Gasteiger partial charge is 0.190 e. The molecule has 4 heteroatoms.